The third-order valence-corrected chi connectivity index (χ3v) is 4.80. The van der Waals surface area contributed by atoms with Crippen LogP contribution in [0.1, 0.15) is 33.0 Å². The summed E-state index contributed by atoms with van der Waals surface area (Å²) in [5.41, 5.74) is 5.52. The van der Waals surface area contributed by atoms with E-state index in [4.69, 9.17) is 4.74 Å². The van der Waals surface area contributed by atoms with Crippen molar-refractivity contribution >= 4 is 11.6 Å². The third kappa shape index (κ3) is 5.42. The zero-order chi connectivity index (χ0) is 20.6. The Kier molecular flexibility index (Phi) is 6.97. The average molecular weight is 393 g/mol. The van der Waals surface area contributed by atoms with Crippen LogP contribution >= 0.6 is 0 Å². The number of carbonyl (C=O) groups is 1. The van der Waals surface area contributed by atoms with Crippen molar-refractivity contribution in [3.8, 4) is 0 Å². The Morgan fingerprint density at radius 3 is 2.69 bits per heavy atom. The van der Waals surface area contributed by atoms with Gasteiger partial charge in [-0.3, -0.25) is 14.5 Å². The summed E-state index contributed by atoms with van der Waals surface area (Å²) in [6, 6.07) is 13.4. The molecule has 3 rings (SSSR count). The normalized spacial score (nSPS) is 10.7. The molecule has 0 fully saturated rings. The molecule has 0 spiro atoms. The third-order valence-electron chi connectivity index (χ3n) is 4.80. The van der Waals surface area contributed by atoms with Gasteiger partial charge < -0.3 is 15.4 Å². The monoisotopic (exact) mass is 393 g/mol. The maximum atomic E-state index is 12.4. The number of hydrogen-bond acceptors (Lipinski definition) is 5. The largest absolute Gasteiger partial charge is 0.383 e. The van der Waals surface area contributed by atoms with E-state index < -0.39 is 0 Å². The minimum atomic E-state index is -0.197. The molecular formula is C22H27N5O2. The summed E-state index contributed by atoms with van der Waals surface area (Å²) in [5, 5.41) is 10.9. The molecule has 1 amide bonds. The lowest BCUT2D eigenvalue weighted by Gasteiger charge is -2.09. The molecule has 2 aromatic heterocycles. The van der Waals surface area contributed by atoms with Crippen LogP contribution in [0.4, 0.5) is 5.69 Å². The number of ether oxygens (including phenoxy) is 1. The molecule has 0 aliphatic rings. The Hall–Kier alpha value is -3.19. The minimum Gasteiger partial charge on any atom is -0.383 e. The van der Waals surface area contributed by atoms with Gasteiger partial charge >= 0.3 is 0 Å². The molecule has 0 atom stereocenters. The van der Waals surface area contributed by atoms with E-state index in [0.29, 0.717) is 25.4 Å². The number of benzene rings is 1. The van der Waals surface area contributed by atoms with Gasteiger partial charge in [-0.2, -0.15) is 5.10 Å². The van der Waals surface area contributed by atoms with Crippen LogP contribution in [0.3, 0.4) is 0 Å². The van der Waals surface area contributed by atoms with E-state index in [1.165, 1.54) is 0 Å². The number of anilines is 1. The Morgan fingerprint density at radius 2 is 1.93 bits per heavy atom. The maximum Gasteiger partial charge on any atom is 0.270 e. The van der Waals surface area contributed by atoms with Gasteiger partial charge in [0.2, 0.25) is 0 Å². The number of hydrogen-bond donors (Lipinski definition) is 2. The summed E-state index contributed by atoms with van der Waals surface area (Å²) in [4.78, 5) is 16.6. The van der Waals surface area contributed by atoms with Crippen molar-refractivity contribution < 1.29 is 9.53 Å². The highest BCUT2D eigenvalue weighted by atomic mass is 16.5. The lowest BCUT2D eigenvalue weighted by molar-refractivity contribution is 0.0946. The molecule has 2 N–H and O–H groups in total. The number of amides is 1. The molecule has 3 aromatic rings. The van der Waals surface area contributed by atoms with Gasteiger partial charge in [0.05, 0.1) is 18.8 Å². The van der Waals surface area contributed by atoms with Gasteiger partial charge in [-0.25, -0.2) is 0 Å². The standard InChI is InChI=1S/C22H27N5O2/c1-16-20(17(2)27(26-16)11-12-29-3)15-24-19-9-10-23-21(13-19)22(28)25-14-18-7-5-4-6-8-18/h4-10,13H,11-12,14-15H2,1-3H3,(H,23,24)(H,25,28). The lowest BCUT2D eigenvalue weighted by Crippen LogP contribution is -2.23. The van der Waals surface area contributed by atoms with Crippen molar-refractivity contribution in [3.63, 3.8) is 0 Å². The van der Waals surface area contributed by atoms with Crippen molar-refractivity contribution in [2.75, 3.05) is 19.0 Å². The fourth-order valence-electron chi connectivity index (χ4n) is 3.11. The number of methoxy groups -OCH3 is 1. The van der Waals surface area contributed by atoms with Gasteiger partial charge in [0, 0.05) is 43.3 Å². The van der Waals surface area contributed by atoms with Gasteiger partial charge in [-0.15, -0.1) is 0 Å². The number of aryl methyl sites for hydroxylation is 1. The van der Waals surface area contributed by atoms with E-state index in [2.05, 4.69) is 27.6 Å². The highest BCUT2D eigenvalue weighted by molar-refractivity contribution is 5.93. The molecule has 7 heteroatoms. The van der Waals surface area contributed by atoms with E-state index in [-0.39, 0.29) is 5.91 Å². The van der Waals surface area contributed by atoms with E-state index in [0.717, 1.165) is 34.7 Å². The fourth-order valence-corrected chi connectivity index (χ4v) is 3.11. The van der Waals surface area contributed by atoms with Crippen LogP contribution in [0.5, 0.6) is 0 Å². The second kappa shape index (κ2) is 9.84. The fraction of sp³-hybridized carbons (Fsp3) is 0.318. The predicted molar refractivity (Wildman–Crippen MR) is 113 cm³/mol. The van der Waals surface area contributed by atoms with E-state index in [9.17, 15) is 4.79 Å². The summed E-state index contributed by atoms with van der Waals surface area (Å²) in [6.07, 6.45) is 1.64. The first-order chi connectivity index (χ1) is 14.1. The van der Waals surface area contributed by atoms with Gasteiger partial charge in [-0.1, -0.05) is 30.3 Å². The van der Waals surface area contributed by atoms with Crippen LogP contribution in [-0.2, 0) is 24.4 Å². The minimum absolute atomic E-state index is 0.197. The van der Waals surface area contributed by atoms with Crippen molar-refractivity contribution in [1.29, 1.82) is 0 Å². The zero-order valence-electron chi connectivity index (χ0n) is 17.1. The number of nitrogens with zero attached hydrogens (tertiary/aromatic N) is 3. The lowest BCUT2D eigenvalue weighted by atomic mass is 10.2. The summed E-state index contributed by atoms with van der Waals surface area (Å²) in [5.74, 6) is -0.197. The smallest absolute Gasteiger partial charge is 0.270 e. The van der Waals surface area contributed by atoms with Crippen LogP contribution in [0, 0.1) is 13.8 Å². The number of aromatic nitrogens is 3. The molecule has 1 aromatic carbocycles. The summed E-state index contributed by atoms with van der Waals surface area (Å²) < 4.78 is 7.10. The molecule has 7 nitrogen and oxygen atoms in total. The Labute approximate surface area is 171 Å². The molecular weight excluding hydrogens is 366 g/mol. The Morgan fingerprint density at radius 1 is 1.14 bits per heavy atom. The first kappa shape index (κ1) is 20.5. The summed E-state index contributed by atoms with van der Waals surface area (Å²) in [6.45, 7) is 6.51. The van der Waals surface area contributed by atoms with E-state index in [1.807, 2.05) is 48.0 Å². The second-order valence-electron chi connectivity index (χ2n) is 6.82. The quantitative estimate of drug-likeness (QED) is 0.584. The number of rotatable bonds is 9. The molecule has 0 aliphatic carbocycles. The van der Waals surface area contributed by atoms with Gasteiger partial charge in [0.1, 0.15) is 5.69 Å². The summed E-state index contributed by atoms with van der Waals surface area (Å²) in [7, 11) is 1.69. The topological polar surface area (TPSA) is 81.1 Å². The van der Waals surface area contributed by atoms with Gasteiger partial charge in [0.25, 0.3) is 5.91 Å². The zero-order valence-corrected chi connectivity index (χ0v) is 17.1. The van der Waals surface area contributed by atoms with Crippen LogP contribution in [-0.4, -0.2) is 34.4 Å². The first-order valence-corrected chi connectivity index (χ1v) is 9.62. The average Bonchev–Trinajstić information content (AvgIpc) is 3.02. The van der Waals surface area contributed by atoms with Crippen LogP contribution in [0.15, 0.2) is 48.7 Å². The molecule has 0 bridgehead atoms. The Bertz CT molecular complexity index is 953. The predicted octanol–water partition coefficient (Wildman–Crippen LogP) is 3.08. The van der Waals surface area contributed by atoms with Crippen molar-refractivity contribution in [1.82, 2.24) is 20.1 Å². The van der Waals surface area contributed by atoms with Gasteiger partial charge in [-0.05, 0) is 31.5 Å². The molecule has 152 valence electrons. The Balaban J connectivity index is 1.61. The van der Waals surface area contributed by atoms with Gasteiger partial charge in [0.15, 0.2) is 0 Å². The van der Waals surface area contributed by atoms with Crippen LogP contribution in [0.25, 0.3) is 0 Å². The SMILES string of the molecule is COCCn1nc(C)c(CNc2ccnc(C(=O)NCc3ccccc3)c2)c1C. The summed E-state index contributed by atoms with van der Waals surface area (Å²) >= 11 is 0. The van der Waals surface area contributed by atoms with Crippen molar-refractivity contribution in [2.24, 2.45) is 0 Å². The molecule has 0 radical (unpaired) electrons. The second-order valence-corrected chi connectivity index (χ2v) is 6.82. The highest BCUT2D eigenvalue weighted by Crippen LogP contribution is 2.16. The number of carbonyl (C=O) groups excluding carboxylic acids is 1. The molecule has 0 saturated carbocycles. The molecule has 2 heterocycles. The van der Waals surface area contributed by atoms with Crippen molar-refractivity contribution in [2.45, 2.75) is 33.5 Å². The molecule has 0 unspecified atom stereocenters. The number of nitrogens with one attached hydrogen (secondary N) is 2. The van der Waals surface area contributed by atoms with Crippen molar-refractivity contribution in [3.05, 3.63) is 76.9 Å². The number of pyridine rings is 1. The maximum absolute atomic E-state index is 12.4. The first-order valence-electron chi connectivity index (χ1n) is 9.62. The molecule has 0 aliphatic heterocycles. The highest BCUT2D eigenvalue weighted by Gasteiger charge is 2.12. The van der Waals surface area contributed by atoms with Crippen LogP contribution < -0.4 is 10.6 Å². The van der Waals surface area contributed by atoms with E-state index in [1.54, 1.807) is 19.4 Å². The molecule has 0 saturated heterocycles. The van der Waals surface area contributed by atoms with E-state index >= 15 is 0 Å². The van der Waals surface area contributed by atoms with Crippen LogP contribution in [0.2, 0.25) is 0 Å². The molecule has 29 heavy (non-hydrogen) atoms.